The van der Waals surface area contributed by atoms with Gasteiger partial charge in [-0.05, 0) is 18.9 Å². The zero-order valence-electron chi connectivity index (χ0n) is 10.2. The summed E-state index contributed by atoms with van der Waals surface area (Å²) in [4.78, 5) is 11.9. The van der Waals surface area contributed by atoms with Crippen molar-refractivity contribution in [3.05, 3.63) is 16.5 Å². The fraction of sp³-hybridized carbons (Fsp3) is 0.545. The number of ether oxygens (including phenoxy) is 2. The summed E-state index contributed by atoms with van der Waals surface area (Å²) in [5, 5.41) is 1.46. The van der Waals surface area contributed by atoms with E-state index < -0.39 is 15.0 Å². The maximum absolute atomic E-state index is 11.9. The summed E-state index contributed by atoms with van der Waals surface area (Å²) in [6.07, 6.45) is 0.872. The molecule has 19 heavy (non-hydrogen) atoms. The Morgan fingerprint density at radius 2 is 2.37 bits per heavy atom. The summed E-state index contributed by atoms with van der Waals surface area (Å²) in [5.41, 5.74) is 0.593. The number of carbonyl (C=O) groups excluding carboxylic acids is 1. The van der Waals surface area contributed by atoms with Crippen molar-refractivity contribution >= 4 is 37.0 Å². The van der Waals surface area contributed by atoms with Gasteiger partial charge < -0.3 is 9.47 Å². The van der Waals surface area contributed by atoms with Gasteiger partial charge in [-0.25, -0.2) is 13.2 Å². The molecule has 2 heterocycles. The first-order valence-electron chi connectivity index (χ1n) is 5.67. The molecule has 5 nitrogen and oxygen atoms in total. The second-order valence-corrected chi connectivity index (χ2v) is 7.97. The maximum atomic E-state index is 11.9. The van der Waals surface area contributed by atoms with E-state index >= 15 is 0 Å². The molecule has 1 fully saturated rings. The van der Waals surface area contributed by atoms with Crippen LogP contribution in [0, 0.1) is 12.8 Å². The van der Waals surface area contributed by atoms with Gasteiger partial charge >= 0.3 is 5.97 Å². The summed E-state index contributed by atoms with van der Waals surface area (Å²) in [7, 11) is 1.46. The highest BCUT2D eigenvalue weighted by Gasteiger charge is 2.24. The maximum Gasteiger partial charge on any atom is 0.339 e. The third-order valence-electron chi connectivity index (χ3n) is 2.91. The topological polar surface area (TPSA) is 69.7 Å². The van der Waals surface area contributed by atoms with E-state index in [4.69, 9.17) is 20.2 Å². The fourth-order valence-corrected chi connectivity index (χ4v) is 4.37. The first-order chi connectivity index (χ1) is 8.89. The van der Waals surface area contributed by atoms with Gasteiger partial charge in [0.1, 0.15) is 4.21 Å². The van der Waals surface area contributed by atoms with Crippen molar-refractivity contribution in [3.8, 4) is 0 Å². The van der Waals surface area contributed by atoms with Crippen LogP contribution >= 0.6 is 22.0 Å². The number of hydrogen-bond donors (Lipinski definition) is 0. The Labute approximate surface area is 119 Å². The lowest BCUT2D eigenvalue weighted by molar-refractivity contribution is 0.0428. The second kappa shape index (κ2) is 5.78. The Balaban J connectivity index is 2.05. The van der Waals surface area contributed by atoms with Crippen molar-refractivity contribution in [2.45, 2.75) is 17.6 Å². The largest absolute Gasteiger partial charge is 0.462 e. The third kappa shape index (κ3) is 3.47. The molecule has 0 bridgehead atoms. The molecule has 1 saturated heterocycles. The lowest BCUT2D eigenvalue weighted by atomic mass is 10.1. The number of halogens is 1. The highest BCUT2D eigenvalue weighted by Crippen LogP contribution is 2.29. The minimum atomic E-state index is -3.81. The molecular weight excluding hydrogens is 312 g/mol. The molecular formula is C11H13ClO5S2. The summed E-state index contributed by atoms with van der Waals surface area (Å²) >= 11 is 0.924. The minimum Gasteiger partial charge on any atom is -0.462 e. The van der Waals surface area contributed by atoms with E-state index in [0.717, 1.165) is 17.8 Å². The molecule has 8 heteroatoms. The van der Waals surface area contributed by atoms with Gasteiger partial charge in [0.15, 0.2) is 0 Å². The van der Waals surface area contributed by atoms with E-state index in [2.05, 4.69) is 0 Å². The number of thiophene rings is 1. The Hall–Kier alpha value is -0.630. The third-order valence-corrected chi connectivity index (χ3v) is 6.22. The van der Waals surface area contributed by atoms with Crippen LogP contribution in [-0.2, 0) is 18.5 Å². The van der Waals surface area contributed by atoms with Gasteiger partial charge in [0.2, 0.25) is 0 Å². The van der Waals surface area contributed by atoms with Crippen LogP contribution in [-0.4, -0.2) is 34.2 Å². The fourth-order valence-electron chi connectivity index (χ4n) is 1.83. The predicted molar refractivity (Wildman–Crippen MR) is 71.3 cm³/mol. The lowest BCUT2D eigenvalue weighted by Crippen LogP contribution is -2.14. The van der Waals surface area contributed by atoms with Crippen LogP contribution in [0.3, 0.4) is 0 Å². The van der Waals surface area contributed by atoms with Crippen molar-refractivity contribution < 1.29 is 22.7 Å². The van der Waals surface area contributed by atoms with Crippen LogP contribution in [0.25, 0.3) is 0 Å². The van der Waals surface area contributed by atoms with Crippen LogP contribution in [0.5, 0.6) is 0 Å². The molecule has 1 atom stereocenters. The Kier molecular flexibility index (Phi) is 4.50. The van der Waals surface area contributed by atoms with E-state index in [1.54, 1.807) is 6.92 Å². The average Bonchev–Trinajstić information content (AvgIpc) is 2.93. The molecule has 0 spiro atoms. The first kappa shape index (κ1) is 14.8. The quantitative estimate of drug-likeness (QED) is 0.627. The lowest BCUT2D eigenvalue weighted by Gasteiger charge is -2.08. The standard InChI is InChI=1S/C11H13ClO5S2/c1-7-9(6-18-11(7)19(12,14)15)10(13)17-5-8-2-3-16-4-8/h6,8H,2-5H2,1H3. The van der Waals surface area contributed by atoms with Gasteiger partial charge in [0.25, 0.3) is 9.05 Å². The molecule has 2 rings (SSSR count). The van der Waals surface area contributed by atoms with E-state index in [1.165, 1.54) is 5.38 Å². The normalized spacial score (nSPS) is 19.6. The highest BCUT2D eigenvalue weighted by molar-refractivity contribution is 8.15. The molecule has 0 radical (unpaired) electrons. The number of rotatable bonds is 4. The predicted octanol–water partition coefficient (Wildman–Crippen LogP) is 2.18. The van der Waals surface area contributed by atoms with Gasteiger partial charge in [0, 0.05) is 28.6 Å². The van der Waals surface area contributed by atoms with E-state index in [-0.39, 0.29) is 22.3 Å². The molecule has 0 amide bonds. The molecule has 1 aliphatic heterocycles. The van der Waals surface area contributed by atoms with Gasteiger partial charge in [0.05, 0.1) is 18.8 Å². The number of hydrogen-bond acceptors (Lipinski definition) is 6. The molecule has 0 aliphatic carbocycles. The monoisotopic (exact) mass is 324 g/mol. The molecule has 1 aromatic rings. The zero-order valence-corrected chi connectivity index (χ0v) is 12.6. The van der Waals surface area contributed by atoms with Crippen molar-refractivity contribution in [2.24, 2.45) is 5.92 Å². The molecule has 0 aromatic carbocycles. The van der Waals surface area contributed by atoms with Crippen molar-refractivity contribution in [2.75, 3.05) is 19.8 Å². The van der Waals surface area contributed by atoms with Gasteiger partial charge in [-0.2, -0.15) is 0 Å². The van der Waals surface area contributed by atoms with Gasteiger partial charge in [-0.15, -0.1) is 11.3 Å². The molecule has 1 aliphatic rings. The van der Waals surface area contributed by atoms with E-state index in [0.29, 0.717) is 18.8 Å². The zero-order chi connectivity index (χ0) is 14.0. The van der Waals surface area contributed by atoms with Crippen molar-refractivity contribution in [1.82, 2.24) is 0 Å². The molecule has 1 unspecified atom stereocenters. The van der Waals surface area contributed by atoms with Crippen LogP contribution in [0.4, 0.5) is 0 Å². The molecule has 1 aromatic heterocycles. The van der Waals surface area contributed by atoms with Crippen LogP contribution in [0.2, 0.25) is 0 Å². The number of carbonyl (C=O) groups is 1. The van der Waals surface area contributed by atoms with Crippen molar-refractivity contribution in [1.29, 1.82) is 0 Å². The Bertz CT molecular complexity index is 572. The van der Waals surface area contributed by atoms with Gasteiger partial charge in [-0.1, -0.05) is 0 Å². The number of esters is 1. The van der Waals surface area contributed by atoms with Crippen LogP contribution < -0.4 is 0 Å². The highest BCUT2D eigenvalue weighted by atomic mass is 35.7. The van der Waals surface area contributed by atoms with E-state index in [1.807, 2.05) is 0 Å². The summed E-state index contributed by atoms with van der Waals surface area (Å²) in [6, 6.07) is 0. The molecule has 106 valence electrons. The minimum absolute atomic E-state index is 0.00897. The SMILES string of the molecule is Cc1c(C(=O)OCC2CCOC2)csc1S(=O)(=O)Cl. The smallest absolute Gasteiger partial charge is 0.339 e. The summed E-state index contributed by atoms with van der Waals surface area (Å²) in [5.74, 6) is -0.300. The Morgan fingerprint density at radius 1 is 1.63 bits per heavy atom. The molecule has 0 N–H and O–H groups in total. The molecule has 0 saturated carbocycles. The Morgan fingerprint density at radius 3 is 2.89 bits per heavy atom. The second-order valence-electron chi connectivity index (χ2n) is 4.33. The summed E-state index contributed by atoms with van der Waals surface area (Å²) < 4.78 is 32.9. The summed E-state index contributed by atoms with van der Waals surface area (Å²) in [6.45, 7) is 3.11. The van der Waals surface area contributed by atoms with Gasteiger partial charge in [-0.3, -0.25) is 0 Å². The van der Waals surface area contributed by atoms with Crippen LogP contribution in [0.1, 0.15) is 22.3 Å². The first-order valence-corrected chi connectivity index (χ1v) is 8.86. The van der Waals surface area contributed by atoms with E-state index in [9.17, 15) is 13.2 Å². The average molecular weight is 325 g/mol. The van der Waals surface area contributed by atoms with Crippen molar-refractivity contribution in [3.63, 3.8) is 0 Å². The van der Waals surface area contributed by atoms with Crippen LogP contribution in [0.15, 0.2) is 9.59 Å².